The number of hydrogen-bond acceptors (Lipinski definition) is 3. The highest BCUT2D eigenvalue weighted by Gasteiger charge is 2.28. The number of thioether (sulfide) groups is 1. The van der Waals surface area contributed by atoms with E-state index >= 15 is 0 Å². The largest absolute Gasteiger partial charge is 0.327 e. The van der Waals surface area contributed by atoms with Crippen LogP contribution in [0.15, 0.2) is 35.2 Å². The van der Waals surface area contributed by atoms with E-state index in [0.717, 1.165) is 24.3 Å². The average molecular weight is 287 g/mol. The molecule has 2 heterocycles. The van der Waals surface area contributed by atoms with E-state index in [0.29, 0.717) is 5.92 Å². The van der Waals surface area contributed by atoms with Crippen LogP contribution >= 0.6 is 11.8 Å². The van der Waals surface area contributed by atoms with Gasteiger partial charge in [0, 0.05) is 41.8 Å². The molecule has 2 aromatic rings. The molecule has 3 nitrogen and oxygen atoms in total. The number of benzene rings is 1. The van der Waals surface area contributed by atoms with Crippen LogP contribution in [0.2, 0.25) is 0 Å². The molecule has 0 fully saturated rings. The fourth-order valence-corrected chi connectivity index (χ4v) is 4.21. The van der Waals surface area contributed by atoms with Crippen LogP contribution in [-0.2, 0) is 19.9 Å². The highest BCUT2D eigenvalue weighted by atomic mass is 32.2. The van der Waals surface area contributed by atoms with Crippen molar-refractivity contribution < 1.29 is 0 Å². The zero-order valence-electron chi connectivity index (χ0n) is 12.0. The van der Waals surface area contributed by atoms with Crippen LogP contribution in [-0.4, -0.2) is 21.6 Å². The Labute approximate surface area is 124 Å². The van der Waals surface area contributed by atoms with Crippen molar-refractivity contribution in [2.45, 2.75) is 36.6 Å². The van der Waals surface area contributed by atoms with E-state index < -0.39 is 0 Å². The molecule has 0 saturated heterocycles. The Morgan fingerprint density at radius 1 is 1.45 bits per heavy atom. The summed E-state index contributed by atoms with van der Waals surface area (Å²) in [7, 11) is 2.01. The zero-order valence-corrected chi connectivity index (χ0v) is 12.9. The predicted octanol–water partition coefficient (Wildman–Crippen LogP) is 2.74. The standard InChI is InChI=1S/C16H21N3S/c1-3-11-8-12(19(2)18-11)9-15(17)14-10-20-16-7-5-4-6-13(14)16/h4-8,14-15H,3,9-10,17H2,1-2H3. The van der Waals surface area contributed by atoms with E-state index in [9.17, 15) is 0 Å². The van der Waals surface area contributed by atoms with E-state index in [4.69, 9.17) is 5.73 Å². The molecule has 3 rings (SSSR count). The quantitative estimate of drug-likeness (QED) is 0.940. The summed E-state index contributed by atoms with van der Waals surface area (Å²) in [6.07, 6.45) is 1.87. The first-order chi connectivity index (χ1) is 9.69. The Kier molecular flexibility index (Phi) is 3.85. The lowest BCUT2D eigenvalue weighted by Crippen LogP contribution is -2.31. The van der Waals surface area contributed by atoms with Crippen molar-refractivity contribution in [3.05, 3.63) is 47.3 Å². The smallest absolute Gasteiger partial charge is 0.0624 e. The van der Waals surface area contributed by atoms with Crippen LogP contribution in [0, 0.1) is 0 Å². The van der Waals surface area contributed by atoms with Gasteiger partial charge in [0.15, 0.2) is 0 Å². The van der Waals surface area contributed by atoms with E-state index in [1.165, 1.54) is 16.2 Å². The minimum absolute atomic E-state index is 0.159. The number of nitrogens with zero attached hydrogens (tertiary/aromatic N) is 2. The number of fused-ring (bicyclic) bond motifs is 1. The second kappa shape index (κ2) is 5.62. The maximum Gasteiger partial charge on any atom is 0.0624 e. The normalized spacial score (nSPS) is 19.1. The first-order valence-electron chi connectivity index (χ1n) is 7.18. The lowest BCUT2D eigenvalue weighted by atomic mass is 9.91. The summed E-state index contributed by atoms with van der Waals surface area (Å²) >= 11 is 1.93. The summed E-state index contributed by atoms with van der Waals surface area (Å²) in [5.74, 6) is 1.55. The predicted molar refractivity (Wildman–Crippen MR) is 84.2 cm³/mol. The van der Waals surface area contributed by atoms with Gasteiger partial charge in [0.2, 0.25) is 0 Å². The Balaban J connectivity index is 1.77. The van der Waals surface area contributed by atoms with Crippen LogP contribution in [0.3, 0.4) is 0 Å². The molecule has 4 heteroatoms. The third-order valence-electron chi connectivity index (χ3n) is 4.09. The van der Waals surface area contributed by atoms with Gasteiger partial charge in [-0.3, -0.25) is 4.68 Å². The molecule has 0 amide bonds. The lowest BCUT2D eigenvalue weighted by molar-refractivity contribution is 0.547. The Hall–Kier alpha value is -1.26. The number of nitrogens with two attached hydrogens (primary N) is 1. The Morgan fingerprint density at radius 2 is 2.25 bits per heavy atom. The van der Waals surface area contributed by atoms with Gasteiger partial charge in [0.1, 0.15) is 0 Å². The van der Waals surface area contributed by atoms with Gasteiger partial charge in [-0.1, -0.05) is 25.1 Å². The van der Waals surface area contributed by atoms with Gasteiger partial charge in [-0.15, -0.1) is 11.8 Å². The summed E-state index contributed by atoms with van der Waals surface area (Å²) in [4.78, 5) is 1.40. The average Bonchev–Trinajstić information content (AvgIpc) is 3.03. The van der Waals surface area contributed by atoms with E-state index in [2.05, 4.69) is 42.4 Å². The second-order valence-electron chi connectivity index (χ2n) is 5.43. The van der Waals surface area contributed by atoms with Crippen LogP contribution in [0.5, 0.6) is 0 Å². The molecule has 0 aliphatic carbocycles. The molecule has 106 valence electrons. The van der Waals surface area contributed by atoms with Gasteiger partial charge in [-0.2, -0.15) is 5.10 Å². The van der Waals surface area contributed by atoms with Crippen molar-refractivity contribution in [1.82, 2.24) is 9.78 Å². The van der Waals surface area contributed by atoms with Gasteiger partial charge in [-0.05, 0) is 24.1 Å². The summed E-state index contributed by atoms with van der Waals surface area (Å²) in [5.41, 5.74) is 10.3. The topological polar surface area (TPSA) is 43.8 Å². The molecule has 0 spiro atoms. The summed E-state index contributed by atoms with van der Waals surface area (Å²) in [5, 5.41) is 4.51. The van der Waals surface area contributed by atoms with Crippen molar-refractivity contribution in [3.8, 4) is 0 Å². The van der Waals surface area contributed by atoms with Gasteiger partial charge in [0.25, 0.3) is 0 Å². The van der Waals surface area contributed by atoms with E-state index in [1.807, 2.05) is 23.5 Å². The fraction of sp³-hybridized carbons (Fsp3) is 0.438. The summed E-state index contributed by atoms with van der Waals surface area (Å²) in [6, 6.07) is 11.0. The summed E-state index contributed by atoms with van der Waals surface area (Å²) in [6.45, 7) is 2.13. The lowest BCUT2D eigenvalue weighted by Gasteiger charge is -2.19. The first-order valence-corrected chi connectivity index (χ1v) is 8.16. The first kappa shape index (κ1) is 13.7. The zero-order chi connectivity index (χ0) is 14.1. The molecule has 2 unspecified atom stereocenters. The van der Waals surface area contributed by atoms with Crippen molar-refractivity contribution >= 4 is 11.8 Å². The molecule has 1 aromatic heterocycles. The van der Waals surface area contributed by atoms with E-state index in [1.54, 1.807) is 0 Å². The molecule has 1 aliphatic rings. The fourth-order valence-electron chi connectivity index (χ4n) is 2.86. The number of aromatic nitrogens is 2. The second-order valence-corrected chi connectivity index (χ2v) is 6.49. The van der Waals surface area contributed by atoms with E-state index in [-0.39, 0.29) is 6.04 Å². The summed E-state index contributed by atoms with van der Waals surface area (Å²) < 4.78 is 1.98. The molecule has 2 N–H and O–H groups in total. The van der Waals surface area contributed by atoms with Crippen molar-refractivity contribution in [1.29, 1.82) is 0 Å². The Morgan fingerprint density at radius 3 is 3.00 bits per heavy atom. The van der Waals surface area contributed by atoms with Gasteiger partial charge in [0.05, 0.1) is 5.69 Å². The number of hydrogen-bond donors (Lipinski definition) is 1. The minimum Gasteiger partial charge on any atom is -0.327 e. The van der Waals surface area contributed by atoms with Gasteiger partial charge >= 0.3 is 0 Å². The monoisotopic (exact) mass is 287 g/mol. The maximum absolute atomic E-state index is 6.49. The van der Waals surface area contributed by atoms with Gasteiger partial charge in [-0.25, -0.2) is 0 Å². The molecule has 0 radical (unpaired) electrons. The molecule has 1 aliphatic heterocycles. The van der Waals surface area contributed by atoms with Crippen LogP contribution in [0.25, 0.3) is 0 Å². The van der Waals surface area contributed by atoms with Crippen LogP contribution in [0.4, 0.5) is 0 Å². The van der Waals surface area contributed by atoms with Crippen LogP contribution in [0.1, 0.15) is 29.8 Å². The molecule has 0 bridgehead atoms. The molecule has 2 atom stereocenters. The van der Waals surface area contributed by atoms with Crippen molar-refractivity contribution in [3.63, 3.8) is 0 Å². The Bertz CT molecular complexity index is 606. The number of aryl methyl sites for hydroxylation is 2. The maximum atomic E-state index is 6.49. The third kappa shape index (κ3) is 2.50. The highest BCUT2D eigenvalue weighted by Crippen LogP contribution is 2.41. The molecule has 0 saturated carbocycles. The molecular weight excluding hydrogens is 266 g/mol. The highest BCUT2D eigenvalue weighted by molar-refractivity contribution is 7.99. The van der Waals surface area contributed by atoms with Crippen LogP contribution < -0.4 is 5.73 Å². The van der Waals surface area contributed by atoms with Crippen molar-refractivity contribution in [2.24, 2.45) is 12.8 Å². The van der Waals surface area contributed by atoms with Gasteiger partial charge < -0.3 is 5.73 Å². The SMILES string of the molecule is CCc1cc(CC(N)C2CSc3ccccc32)n(C)n1. The molecule has 20 heavy (non-hydrogen) atoms. The molecule has 1 aromatic carbocycles. The number of rotatable bonds is 4. The third-order valence-corrected chi connectivity index (χ3v) is 5.30. The molecular formula is C16H21N3S. The minimum atomic E-state index is 0.159. The van der Waals surface area contributed by atoms with Crippen molar-refractivity contribution in [2.75, 3.05) is 5.75 Å².